The molecule has 0 saturated carbocycles. The summed E-state index contributed by atoms with van der Waals surface area (Å²) in [6.45, 7) is 2.24. The van der Waals surface area contributed by atoms with Gasteiger partial charge in [0.2, 0.25) is 10.0 Å². The zero-order valence-corrected chi connectivity index (χ0v) is 13.1. The second-order valence-corrected chi connectivity index (χ2v) is 7.76. The maximum atomic E-state index is 12.3. The van der Waals surface area contributed by atoms with Crippen LogP contribution in [0.2, 0.25) is 0 Å². The van der Waals surface area contributed by atoms with Crippen molar-refractivity contribution in [3.8, 4) is 0 Å². The van der Waals surface area contributed by atoms with Gasteiger partial charge in [0, 0.05) is 23.2 Å². The molecule has 0 fully saturated rings. The van der Waals surface area contributed by atoms with Crippen molar-refractivity contribution >= 4 is 26.9 Å². The van der Waals surface area contributed by atoms with E-state index in [4.69, 9.17) is 0 Å². The van der Waals surface area contributed by atoms with E-state index in [1.165, 1.54) is 11.3 Å². The number of rotatable bonds is 5. The molecule has 0 aromatic carbocycles. The van der Waals surface area contributed by atoms with Gasteiger partial charge in [-0.05, 0) is 30.7 Å². The van der Waals surface area contributed by atoms with Gasteiger partial charge in [0.25, 0.3) is 0 Å². The Morgan fingerprint density at radius 3 is 2.90 bits per heavy atom. The molecule has 5 nitrogen and oxygen atoms in total. The molecule has 0 unspecified atom stereocenters. The van der Waals surface area contributed by atoms with Crippen LogP contribution in [-0.4, -0.2) is 18.0 Å². The van der Waals surface area contributed by atoms with Crippen molar-refractivity contribution < 1.29 is 8.42 Å². The summed E-state index contributed by atoms with van der Waals surface area (Å²) in [5.74, 6) is 0. The molecular formula is C14H15N3O2S2. The van der Waals surface area contributed by atoms with E-state index in [0.29, 0.717) is 4.21 Å². The average molecular weight is 321 g/mol. The van der Waals surface area contributed by atoms with Crippen LogP contribution in [0.25, 0.3) is 5.52 Å². The number of fused-ring (bicyclic) bond motifs is 1. The Bertz CT molecular complexity index is 865. The zero-order chi connectivity index (χ0) is 14.9. The summed E-state index contributed by atoms with van der Waals surface area (Å²) in [5, 5.41) is 4.19. The van der Waals surface area contributed by atoms with E-state index < -0.39 is 10.0 Å². The van der Waals surface area contributed by atoms with Crippen molar-refractivity contribution in [1.29, 1.82) is 0 Å². The first-order valence-electron chi connectivity index (χ1n) is 6.60. The summed E-state index contributed by atoms with van der Waals surface area (Å²) in [4.78, 5) is 1.06. The van der Waals surface area contributed by atoms with E-state index in [1.54, 1.807) is 16.8 Å². The van der Waals surface area contributed by atoms with Gasteiger partial charge < -0.3 is 0 Å². The fourth-order valence-corrected chi connectivity index (χ4v) is 4.41. The molecule has 0 radical (unpaired) electrons. The van der Waals surface area contributed by atoms with Crippen LogP contribution < -0.4 is 4.72 Å². The molecule has 0 amide bonds. The number of nitrogens with zero attached hydrogens (tertiary/aromatic N) is 2. The van der Waals surface area contributed by atoms with Crippen LogP contribution in [0.5, 0.6) is 0 Å². The number of aromatic nitrogens is 2. The highest BCUT2D eigenvalue weighted by molar-refractivity contribution is 7.91. The minimum absolute atomic E-state index is 0.231. The lowest BCUT2D eigenvalue weighted by atomic mass is 10.3. The second-order valence-electron chi connectivity index (χ2n) is 4.60. The molecule has 0 spiro atoms. The molecule has 7 heteroatoms. The lowest BCUT2D eigenvalue weighted by Crippen LogP contribution is -2.22. The van der Waals surface area contributed by atoms with Gasteiger partial charge in [0.1, 0.15) is 4.21 Å². The van der Waals surface area contributed by atoms with Gasteiger partial charge in [-0.1, -0.05) is 13.0 Å². The molecule has 1 N–H and O–H groups in total. The van der Waals surface area contributed by atoms with Crippen molar-refractivity contribution in [2.24, 2.45) is 0 Å². The third-order valence-corrected chi connectivity index (χ3v) is 6.33. The highest BCUT2D eigenvalue weighted by atomic mass is 32.2. The molecule has 0 aliphatic heterocycles. The van der Waals surface area contributed by atoms with E-state index in [-0.39, 0.29) is 6.54 Å². The van der Waals surface area contributed by atoms with Gasteiger partial charge in [0.15, 0.2) is 0 Å². The number of aryl methyl sites for hydroxylation is 1. The van der Waals surface area contributed by atoms with Crippen molar-refractivity contribution in [3.63, 3.8) is 0 Å². The Labute approximate surface area is 127 Å². The molecule has 0 aliphatic carbocycles. The molecule has 0 saturated heterocycles. The maximum Gasteiger partial charge on any atom is 0.250 e. The lowest BCUT2D eigenvalue weighted by Gasteiger charge is -2.03. The summed E-state index contributed by atoms with van der Waals surface area (Å²) in [6, 6.07) is 9.21. The van der Waals surface area contributed by atoms with Gasteiger partial charge in [-0.15, -0.1) is 11.3 Å². The lowest BCUT2D eigenvalue weighted by molar-refractivity contribution is 0.583. The fourth-order valence-electron chi connectivity index (χ4n) is 2.06. The minimum atomic E-state index is -3.46. The first-order chi connectivity index (χ1) is 10.1. The van der Waals surface area contributed by atoms with Gasteiger partial charge in [0.05, 0.1) is 11.7 Å². The fraction of sp³-hybridized carbons (Fsp3) is 0.214. The largest absolute Gasteiger partial charge is 0.250 e. The summed E-state index contributed by atoms with van der Waals surface area (Å²) >= 11 is 1.31. The van der Waals surface area contributed by atoms with Gasteiger partial charge in [-0.3, -0.25) is 0 Å². The summed E-state index contributed by atoms with van der Waals surface area (Å²) in [5.41, 5.74) is 1.76. The SMILES string of the molecule is CCc1ccc(S(=O)(=O)NCc2cnn3ccccc23)s1. The van der Waals surface area contributed by atoms with Crippen LogP contribution >= 0.6 is 11.3 Å². The monoisotopic (exact) mass is 321 g/mol. The number of nitrogens with one attached hydrogen (secondary N) is 1. The molecule has 0 bridgehead atoms. The quantitative estimate of drug-likeness (QED) is 0.785. The Kier molecular flexibility index (Phi) is 3.79. The van der Waals surface area contributed by atoms with E-state index in [9.17, 15) is 8.42 Å². The van der Waals surface area contributed by atoms with Crippen molar-refractivity contribution in [2.75, 3.05) is 0 Å². The van der Waals surface area contributed by atoms with E-state index in [0.717, 1.165) is 22.4 Å². The van der Waals surface area contributed by atoms with Crippen LogP contribution in [0, 0.1) is 0 Å². The predicted molar refractivity (Wildman–Crippen MR) is 82.9 cm³/mol. The molecule has 3 rings (SSSR count). The summed E-state index contributed by atoms with van der Waals surface area (Å²) in [7, 11) is -3.46. The Morgan fingerprint density at radius 2 is 2.14 bits per heavy atom. The topological polar surface area (TPSA) is 63.5 Å². The molecule has 3 aromatic rings. The van der Waals surface area contributed by atoms with Crippen LogP contribution in [0.3, 0.4) is 0 Å². The van der Waals surface area contributed by atoms with Crippen LogP contribution in [0.1, 0.15) is 17.4 Å². The first kappa shape index (κ1) is 14.2. The zero-order valence-electron chi connectivity index (χ0n) is 11.5. The van der Waals surface area contributed by atoms with Crippen LogP contribution in [0.4, 0.5) is 0 Å². The second kappa shape index (κ2) is 5.59. The third kappa shape index (κ3) is 2.85. The molecule has 21 heavy (non-hydrogen) atoms. The number of hydrogen-bond donors (Lipinski definition) is 1. The summed E-state index contributed by atoms with van der Waals surface area (Å²) < 4.78 is 29.2. The Hall–Kier alpha value is -1.70. The van der Waals surface area contributed by atoms with Gasteiger partial charge in [-0.2, -0.15) is 5.10 Å². The number of hydrogen-bond acceptors (Lipinski definition) is 4. The third-order valence-electron chi connectivity index (χ3n) is 3.21. The van der Waals surface area contributed by atoms with Gasteiger partial charge in [-0.25, -0.2) is 17.7 Å². The molecule has 3 aromatic heterocycles. The Balaban J connectivity index is 1.80. The predicted octanol–water partition coefficient (Wildman–Crippen LogP) is 2.44. The molecular weight excluding hydrogens is 306 g/mol. The van der Waals surface area contributed by atoms with Crippen molar-refractivity contribution in [3.05, 3.63) is 53.2 Å². The van der Waals surface area contributed by atoms with E-state index in [1.807, 2.05) is 37.4 Å². The highest BCUT2D eigenvalue weighted by Crippen LogP contribution is 2.22. The molecule has 110 valence electrons. The minimum Gasteiger partial charge on any atom is -0.241 e. The standard InChI is InChI=1S/C14H15N3O2S2/c1-2-12-6-7-14(20-12)21(18,19)16-10-11-9-15-17-8-4-3-5-13(11)17/h3-9,16H,2,10H2,1H3. The summed E-state index contributed by atoms with van der Waals surface area (Å²) in [6.07, 6.45) is 4.36. The molecule has 0 atom stereocenters. The average Bonchev–Trinajstić information content (AvgIpc) is 3.12. The first-order valence-corrected chi connectivity index (χ1v) is 8.90. The van der Waals surface area contributed by atoms with Crippen LogP contribution in [0.15, 0.2) is 46.9 Å². The molecule has 3 heterocycles. The highest BCUT2D eigenvalue weighted by Gasteiger charge is 2.17. The van der Waals surface area contributed by atoms with E-state index in [2.05, 4.69) is 9.82 Å². The normalized spacial score (nSPS) is 12.0. The van der Waals surface area contributed by atoms with Crippen molar-refractivity contribution in [1.82, 2.24) is 14.3 Å². The number of thiophene rings is 1. The number of sulfonamides is 1. The number of pyridine rings is 1. The van der Waals surface area contributed by atoms with Crippen LogP contribution in [-0.2, 0) is 23.0 Å². The van der Waals surface area contributed by atoms with Gasteiger partial charge >= 0.3 is 0 Å². The maximum absolute atomic E-state index is 12.3. The Morgan fingerprint density at radius 1 is 1.29 bits per heavy atom. The molecule has 0 aliphatic rings. The smallest absolute Gasteiger partial charge is 0.241 e. The van der Waals surface area contributed by atoms with E-state index >= 15 is 0 Å². The van der Waals surface area contributed by atoms with Crippen molar-refractivity contribution in [2.45, 2.75) is 24.1 Å².